The lowest BCUT2D eigenvalue weighted by molar-refractivity contribution is 0.0927. The van der Waals surface area contributed by atoms with Crippen molar-refractivity contribution < 1.29 is 13.2 Å². The maximum Gasteiger partial charge on any atom is 0.251 e. The number of rotatable bonds is 6. The van der Waals surface area contributed by atoms with Crippen LogP contribution < -0.4 is 9.62 Å². The number of carbonyl (C=O) groups is 1. The zero-order valence-electron chi connectivity index (χ0n) is 16.2. The van der Waals surface area contributed by atoms with Crippen LogP contribution in [0.1, 0.15) is 48.0 Å². The van der Waals surface area contributed by atoms with Crippen molar-refractivity contribution in [1.29, 1.82) is 0 Å². The van der Waals surface area contributed by atoms with E-state index in [1.54, 1.807) is 42.5 Å². The van der Waals surface area contributed by atoms with Gasteiger partial charge in [0.05, 0.1) is 28.5 Å². The number of nitrogens with one attached hydrogen (secondary N) is 1. The van der Waals surface area contributed by atoms with Gasteiger partial charge in [-0.2, -0.15) is 0 Å². The average molecular weight is 455 g/mol. The molecule has 1 aliphatic carbocycles. The first-order valence-electron chi connectivity index (χ1n) is 9.57. The quantitative estimate of drug-likeness (QED) is 0.665. The molecule has 8 heteroatoms. The summed E-state index contributed by atoms with van der Waals surface area (Å²) in [6.07, 6.45) is 6.69. The summed E-state index contributed by atoms with van der Waals surface area (Å²) in [5.74, 6) is -0.0960. The molecule has 2 aromatic rings. The zero-order valence-corrected chi connectivity index (χ0v) is 18.5. The van der Waals surface area contributed by atoms with Gasteiger partial charge in [0.1, 0.15) is 0 Å². The fourth-order valence-electron chi connectivity index (χ4n) is 3.51. The van der Waals surface area contributed by atoms with Gasteiger partial charge in [-0.1, -0.05) is 60.7 Å². The lowest BCUT2D eigenvalue weighted by Gasteiger charge is -2.24. The van der Waals surface area contributed by atoms with E-state index in [4.69, 9.17) is 23.2 Å². The van der Waals surface area contributed by atoms with Gasteiger partial charge < -0.3 is 5.32 Å². The average Bonchev–Trinajstić information content (AvgIpc) is 2.69. The standard InChI is InChI=1S/C21H24Cl2N2O3S/c1-29(27,28)25(19-9-5-8-18(22)20(19)23)14-15-10-12-16(13-11-15)21(26)24-17-6-3-2-4-7-17/h5,8-13,17H,2-4,6-7,14H2,1H3,(H,24,26). The van der Waals surface area contributed by atoms with Crippen LogP contribution in [-0.4, -0.2) is 26.6 Å². The minimum absolute atomic E-state index is 0.0867. The third kappa shape index (κ3) is 5.65. The molecule has 3 rings (SSSR count). The molecule has 29 heavy (non-hydrogen) atoms. The number of halogens is 2. The van der Waals surface area contributed by atoms with Gasteiger partial charge in [0.2, 0.25) is 10.0 Å². The van der Waals surface area contributed by atoms with E-state index in [0.29, 0.717) is 11.3 Å². The lowest BCUT2D eigenvalue weighted by Crippen LogP contribution is -2.36. The predicted octanol–water partition coefficient (Wildman–Crippen LogP) is 5.02. The Hall–Kier alpha value is -1.76. The first-order valence-corrected chi connectivity index (χ1v) is 12.2. The first-order chi connectivity index (χ1) is 13.8. The van der Waals surface area contributed by atoms with Crippen molar-refractivity contribution in [2.45, 2.75) is 44.7 Å². The molecule has 0 spiro atoms. The summed E-state index contributed by atoms with van der Waals surface area (Å²) >= 11 is 12.3. The van der Waals surface area contributed by atoms with E-state index >= 15 is 0 Å². The Kier molecular flexibility index (Phi) is 7.09. The van der Waals surface area contributed by atoms with E-state index in [2.05, 4.69) is 5.32 Å². The smallest absolute Gasteiger partial charge is 0.251 e. The van der Waals surface area contributed by atoms with Gasteiger partial charge in [0.25, 0.3) is 5.91 Å². The minimum atomic E-state index is -3.59. The van der Waals surface area contributed by atoms with Gasteiger partial charge in [0, 0.05) is 11.6 Å². The largest absolute Gasteiger partial charge is 0.349 e. The molecular weight excluding hydrogens is 431 g/mol. The first kappa shape index (κ1) is 21.9. The fourth-order valence-corrected chi connectivity index (χ4v) is 4.85. The highest BCUT2D eigenvalue weighted by molar-refractivity contribution is 7.92. The maximum atomic E-state index is 12.5. The molecule has 5 nitrogen and oxygen atoms in total. The third-order valence-corrected chi connectivity index (χ3v) is 7.02. The van der Waals surface area contributed by atoms with Crippen molar-refractivity contribution in [2.24, 2.45) is 0 Å². The van der Waals surface area contributed by atoms with E-state index < -0.39 is 10.0 Å². The van der Waals surface area contributed by atoms with E-state index in [1.165, 1.54) is 10.7 Å². The number of anilines is 1. The molecule has 1 amide bonds. The molecule has 1 fully saturated rings. The topological polar surface area (TPSA) is 66.5 Å². The molecule has 1 aliphatic rings. The number of carbonyl (C=O) groups excluding carboxylic acids is 1. The number of hydrogen-bond donors (Lipinski definition) is 1. The second-order valence-corrected chi connectivity index (χ2v) is 10.0. The van der Waals surface area contributed by atoms with Crippen LogP contribution in [0.15, 0.2) is 42.5 Å². The van der Waals surface area contributed by atoms with Crippen LogP contribution >= 0.6 is 23.2 Å². The monoisotopic (exact) mass is 454 g/mol. The molecule has 0 unspecified atom stereocenters. The highest BCUT2D eigenvalue weighted by Gasteiger charge is 2.22. The Morgan fingerprint density at radius 1 is 1.07 bits per heavy atom. The Morgan fingerprint density at radius 2 is 1.72 bits per heavy atom. The van der Waals surface area contributed by atoms with Crippen molar-refractivity contribution in [1.82, 2.24) is 5.32 Å². The summed E-state index contributed by atoms with van der Waals surface area (Å²) in [6.45, 7) is 0.0867. The lowest BCUT2D eigenvalue weighted by atomic mass is 9.95. The molecule has 0 aliphatic heterocycles. The number of hydrogen-bond acceptors (Lipinski definition) is 3. The van der Waals surface area contributed by atoms with Crippen LogP contribution in [0.4, 0.5) is 5.69 Å². The Labute approximate surface area is 182 Å². The molecule has 0 atom stereocenters. The predicted molar refractivity (Wildman–Crippen MR) is 118 cm³/mol. The summed E-state index contributed by atoms with van der Waals surface area (Å²) in [6, 6.07) is 12.1. The van der Waals surface area contributed by atoms with Gasteiger partial charge >= 0.3 is 0 Å². The molecule has 0 aromatic heterocycles. The van der Waals surface area contributed by atoms with E-state index in [-0.39, 0.29) is 28.5 Å². The number of nitrogens with zero attached hydrogens (tertiary/aromatic N) is 1. The van der Waals surface area contributed by atoms with Crippen molar-refractivity contribution in [3.05, 3.63) is 63.6 Å². The number of benzene rings is 2. The maximum absolute atomic E-state index is 12.5. The summed E-state index contributed by atoms with van der Waals surface area (Å²) in [5.41, 5.74) is 1.62. The second kappa shape index (κ2) is 9.37. The van der Waals surface area contributed by atoms with Crippen molar-refractivity contribution in [3.63, 3.8) is 0 Å². The minimum Gasteiger partial charge on any atom is -0.349 e. The molecule has 0 bridgehead atoms. The van der Waals surface area contributed by atoms with Crippen LogP contribution in [0.5, 0.6) is 0 Å². The molecule has 156 valence electrons. The highest BCUT2D eigenvalue weighted by atomic mass is 35.5. The van der Waals surface area contributed by atoms with Crippen LogP contribution in [0.25, 0.3) is 0 Å². The molecule has 1 N–H and O–H groups in total. The molecule has 2 aromatic carbocycles. The third-order valence-electron chi connectivity index (χ3n) is 5.08. The Balaban J connectivity index is 1.75. The van der Waals surface area contributed by atoms with Gasteiger partial charge in [0.15, 0.2) is 0 Å². The van der Waals surface area contributed by atoms with E-state index in [9.17, 15) is 13.2 Å². The highest BCUT2D eigenvalue weighted by Crippen LogP contribution is 2.34. The zero-order chi connectivity index (χ0) is 21.0. The summed E-state index contributed by atoms with van der Waals surface area (Å²) in [5, 5.41) is 3.55. The molecule has 0 radical (unpaired) electrons. The molecule has 0 heterocycles. The summed E-state index contributed by atoms with van der Waals surface area (Å²) in [4.78, 5) is 12.5. The van der Waals surface area contributed by atoms with Crippen LogP contribution in [0.2, 0.25) is 10.0 Å². The Morgan fingerprint density at radius 3 is 2.34 bits per heavy atom. The van der Waals surface area contributed by atoms with Crippen LogP contribution in [0.3, 0.4) is 0 Å². The normalized spacial score (nSPS) is 15.1. The van der Waals surface area contributed by atoms with Crippen molar-refractivity contribution >= 4 is 44.8 Å². The van der Waals surface area contributed by atoms with E-state index in [1.807, 2.05) is 0 Å². The number of sulfonamides is 1. The van der Waals surface area contributed by atoms with Gasteiger partial charge in [-0.3, -0.25) is 9.10 Å². The van der Waals surface area contributed by atoms with Crippen molar-refractivity contribution in [3.8, 4) is 0 Å². The fraction of sp³-hybridized carbons (Fsp3) is 0.381. The van der Waals surface area contributed by atoms with Crippen LogP contribution in [0, 0.1) is 0 Å². The van der Waals surface area contributed by atoms with Crippen molar-refractivity contribution in [2.75, 3.05) is 10.6 Å². The summed E-state index contributed by atoms with van der Waals surface area (Å²) in [7, 11) is -3.59. The van der Waals surface area contributed by atoms with Crippen LogP contribution in [-0.2, 0) is 16.6 Å². The van der Waals surface area contributed by atoms with Gasteiger partial charge in [-0.05, 0) is 42.7 Å². The number of amides is 1. The second-order valence-electron chi connectivity index (χ2n) is 7.35. The SMILES string of the molecule is CS(=O)(=O)N(Cc1ccc(C(=O)NC2CCCCC2)cc1)c1cccc(Cl)c1Cl. The Bertz CT molecular complexity index is 972. The van der Waals surface area contributed by atoms with E-state index in [0.717, 1.165) is 37.5 Å². The van der Waals surface area contributed by atoms with Gasteiger partial charge in [-0.25, -0.2) is 8.42 Å². The molecule has 1 saturated carbocycles. The molecular formula is C21H24Cl2N2O3S. The van der Waals surface area contributed by atoms with Gasteiger partial charge in [-0.15, -0.1) is 0 Å². The molecule has 0 saturated heterocycles. The summed E-state index contributed by atoms with van der Waals surface area (Å²) < 4.78 is 25.9.